The lowest BCUT2D eigenvalue weighted by atomic mass is 9.92. The molecule has 0 aromatic carbocycles. The van der Waals surface area contributed by atoms with Crippen LogP contribution in [-0.2, 0) is 0 Å². The van der Waals surface area contributed by atoms with Gasteiger partial charge in [-0.2, -0.15) is 0 Å². The van der Waals surface area contributed by atoms with Crippen molar-refractivity contribution in [3.8, 4) is 0 Å². The molecule has 0 spiro atoms. The van der Waals surface area contributed by atoms with Crippen LogP contribution in [0.5, 0.6) is 0 Å². The van der Waals surface area contributed by atoms with E-state index in [9.17, 15) is 0 Å². The van der Waals surface area contributed by atoms with Crippen LogP contribution < -0.4 is 0 Å². The van der Waals surface area contributed by atoms with Gasteiger partial charge in [0.1, 0.15) is 0 Å². The van der Waals surface area contributed by atoms with Gasteiger partial charge in [-0.25, -0.2) is 0 Å². The molecule has 0 heterocycles. The third-order valence-corrected chi connectivity index (χ3v) is 1.81. The highest BCUT2D eigenvalue weighted by atomic mass is 14.1. The molecule has 0 saturated carbocycles. The Kier molecular flexibility index (Phi) is 3.60. The predicted octanol–water partition coefficient (Wildman–Crippen LogP) is 3.24. The van der Waals surface area contributed by atoms with E-state index in [2.05, 4.69) is 34.3 Å². The maximum absolute atomic E-state index is 3.88. The van der Waals surface area contributed by atoms with E-state index in [4.69, 9.17) is 0 Å². The fraction of sp³-hybridized carbons (Fsp3) is 0.778. The van der Waals surface area contributed by atoms with Crippen LogP contribution in [0.1, 0.15) is 34.1 Å². The third kappa shape index (κ3) is 4.26. The SMILES string of the molecule is C=C(C)CC(C)C(C)C. The first-order valence-electron chi connectivity index (χ1n) is 3.68. The van der Waals surface area contributed by atoms with Gasteiger partial charge in [-0.15, -0.1) is 6.58 Å². The molecular formula is C9H18. The van der Waals surface area contributed by atoms with Crippen LogP contribution in [-0.4, -0.2) is 0 Å². The van der Waals surface area contributed by atoms with Crippen molar-refractivity contribution in [2.45, 2.75) is 34.1 Å². The summed E-state index contributed by atoms with van der Waals surface area (Å²) in [6.07, 6.45) is 1.18. The number of allylic oxidation sites excluding steroid dienone is 1. The smallest absolute Gasteiger partial charge is 0.0297 e. The molecule has 54 valence electrons. The Labute approximate surface area is 59.0 Å². The Morgan fingerprint density at radius 3 is 1.89 bits per heavy atom. The lowest BCUT2D eigenvalue weighted by molar-refractivity contribution is 0.416. The zero-order valence-corrected chi connectivity index (χ0v) is 7.07. The molecule has 1 unspecified atom stereocenters. The molecule has 0 N–H and O–H groups in total. The van der Waals surface area contributed by atoms with Crippen molar-refractivity contribution in [3.63, 3.8) is 0 Å². The Morgan fingerprint density at radius 2 is 1.78 bits per heavy atom. The summed E-state index contributed by atoms with van der Waals surface area (Å²) in [5.74, 6) is 1.59. The van der Waals surface area contributed by atoms with Crippen LogP contribution >= 0.6 is 0 Å². The molecule has 0 aliphatic carbocycles. The highest BCUT2D eigenvalue weighted by molar-refractivity contribution is 4.89. The van der Waals surface area contributed by atoms with Crippen molar-refractivity contribution in [1.82, 2.24) is 0 Å². The average Bonchev–Trinajstić information content (AvgIpc) is 1.63. The second-order valence-electron chi connectivity index (χ2n) is 3.38. The van der Waals surface area contributed by atoms with E-state index in [-0.39, 0.29) is 0 Å². The summed E-state index contributed by atoms with van der Waals surface area (Å²) in [6.45, 7) is 12.8. The van der Waals surface area contributed by atoms with Crippen molar-refractivity contribution in [1.29, 1.82) is 0 Å². The third-order valence-electron chi connectivity index (χ3n) is 1.81. The Bertz CT molecular complexity index is 90.2. The van der Waals surface area contributed by atoms with Crippen molar-refractivity contribution in [2.24, 2.45) is 11.8 Å². The van der Waals surface area contributed by atoms with E-state index < -0.39 is 0 Å². The van der Waals surface area contributed by atoms with Gasteiger partial charge in [0, 0.05) is 0 Å². The van der Waals surface area contributed by atoms with Gasteiger partial charge >= 0.3 is 0 Å². The maximum atomic E-state index is 3.88. The molecule has 0 aliphatic rings. The molecule has 0 aliphatic heterocycles. The topological polar surface area (TPSA) is 0 Å². The highest BCUT2D eigenvalue weighted by Crippen LogP contribution is 2.17. The quantitative estimate of drug-likeness (QED) is 0.509. The molecular weight excluding hydrogens is 108 g/mol. The molecule has 0 fully saturated rings. The van der Waals surface area contributed by atoms with Gasteiger partial charge in [0.2, 0.25) is 0 Å². The molecule has 0 aromatic heterocycles. The van der Waals surface area contributed by atoms with Gasteiger partial charge < -0.3 is 0 Å². The second-order valence-corrected chi connectivity index (χ2v) is 3.38. The standard InChI is InChI=1S/C9H18/c1-7(2)6-9(5)8(3)4/h8-9H,1,6H2,2-5H3. The van der Waals surface area contributed by atoms with E-state index in [1.54, 1.807) is 0 Å². The van der Waals surface area contributed by atoms with Crippen molar-refractivity contribution >= 4 is 0 Å². The molecule has 0 saturated heterocycles. The molecule has 0 bridgehead atoms. The largest absolute Gasteiger partial charge is 0.100 e. The fourth-order valence-corrected chi connectivity index (χ4v) is 0.785. The highest BCUT2D eigenvalue weighted by Gasteiger charge is 2.05. The van der Waals surface area contributed by atoms with E-state index in [1.807, 2.05) is 0 Å². The Morgan fingerprint density at radius 1 is 1.33 bits per heavy atom. The summed E-state index contributed by atoms with van der Waals surface area (Å²) in [4.78, 5) is 0. The summed E-state index contributed by atoms with van der Waals surface area (Å²) >= 11 is 0. The Hall–Kier alpha value is -0.260. The lowest BCUT2D eigenvalue weighted by Crippen LogP contribution is -2.03. The number of hydrogen-bond donors (Lipinski definition) is 0. The summed E-state index contributed by atoms with van der Waals surface area (Å²) in [5, 5.41) is 0. The lowest BCUT2D eigenvalue weighted by Gasteiger charge is -2.14. The summed E-state index contributed by atoms with van der Waals surface area (Å²) in [7, 11) is 0. The summed E-state index contributed by atoms with van der Waals surface area (Å²) in [6, 6.07) is 0. The van der Waals surface area contributed by atoms with Crippen molar-refractivity contribution in [3.05, 3.63) is 12.2 Å². The van der Waals surface area contributed by atoms with Crippen LogP contribution in [0, 0.1) is 11.8 Å². The van der Waals surface area contributed by atoms with Gasteiger partial charge in [-0.3, -0.25) is 0 Å². The monoisotopic (exact) mass is 126 g/mol. The molecule has 0 nitrogen and oxygen atoms in total. The minimum absolute atomic E-state index is 0.793. The maximum Gasteiger partial charge on any atom is -0.0297 e. The predicted molar refractivity (Wildman–Crippen MR) is 43.4 cm³/mol. The fourth-order valence-electron chi connectivity index (χ4n) is 0.785. The van der Waals surface area contributed by atoms with Crippen molar-refractivity contribution < 1.29 is 0 Å². The molecule has 0 rings (SSSR count). The zero-order valence-electron chi connectivity index (χ0n) is 7.07. The average molecular weight is 126 g/mol. The summed E-state index contributed by atoms with van der Waals surface area (Å²) < 4.78 is 0. The van der Waals surface area contributed by atoms with Gasteiger partial charge in [-0.05, 0) is 25.2 Å². The van der Waals surface area contributed by atoms with Crippen molar-refractivity contribution in [2.75, 3.05) is 0 Å². The first-order chi connectivity index (χ1) is 4.04. The zero-order chi connectivity index (χ0) is 7.44. The Balaban J connectivity index is 3.50. The van der Waals surface area contributed by atoms with Gasteiger partial charge in [0.15, 0.2) is 0 Å². The first kappa shape index (κ1) is 8.74. The van der Waals surface area contributed by atoms with E-state index in [0.717, 1.165) is 11.8 Å². The molecule has 0 amide bonds. The molecule has 0 radical (unpaired) electrons. The first-order valence-corrected chi connectivity index (χ1v) is 3.68. The molecule has 9 heavy (non-hydrogen) atoms. The van der Waals surface area contributed by atoms with Gasteiger partial charge in [-0.1, -0.05) is 26.3 Å². The van der Waals surface area contributed by atoms with Gasteiger partial charge in [0.05, 0.1) is 0 Å². The van der Waals surface area contributed by atoms with Crippen LogP contribution in [0.2, 0.25) is 0 Å². The summed E-state index contributed by atoms with van der Waals surface area (Å²) in [5.41, 5.74) is 1.30. The normalized spacial score (nSPS) is 13.9. The van der Waals surface area contributed by atoms with E-state index in [1.165, 1.54) is 12.0 Å². The van der Waals surface area contributed by atoms with Crippen LogP contribution in [0.25, 0.3) is 0 Å². The minimum atomic E-state index is 0.793. The molecule has 0 heteroatoms. The molecule has 1 atom stereocenters. The minimum Gasteiger partial charge on any atom is -0.100 e. The van der Waals surface area contributed by atoms with E-state index >= 15 is 0 Å². The van der Waals surface area contributed by atoms with Crippen LogP contribution in [0.3, 0.4) is 0 Å². The second kappa shape index (κ2) is 3.71. The number of hydrogen-bond acceptors (Lipinski definition) is 0. The molecule has 0 aromatic rings. The van der Waals surface area contributed by atoms with Crippen LogP contribution in [0.4, 0.5) is 0 Å². The van der Waals surface area contributed by atoms with E-state index in [0.29, 0.717) is 0 Å². The van der Waals surface area contributed by atoms with Gasteiger partial charge in [0.25, 0.3) is 0 Å². The number of rotatable bonds is 3. The van der Waals surface area contributed by atoms with Crippen LogP contribution in [0.15, 0.2) is 12.2 Å².